The summed E-state index contributed by atoms with van der Waals surface area (Å²) < 4.78 is 58.1. The van der Waals surface area contributed by atoms with Gasteiger partial charge in [-0.15, -0.1) is 0 Å². The van der Waals surface area contributed by atoms with E-state index in [4.69, 9.17) is 4.74 Å². The van der Waals surface area contributed by atoms with E-state index in [0.717, 1.165) is 12.4 Å². The Morgan fingerprint density at radius 2 is 1.96 bits per heavy atom. The molecule has 1 fully saturated rings. The first kappa shape index (κ1) is 17.7. The fourth-order valence-electron chi connectivity index (χ4n) is 2.69. The number of hydrogen-bond acceptors (Lipinski definition) is 5. The van der Waals surface area contributed by atoms with Crippen LogP contribution in [0.5, 0.6) is 6.01 Å². The summed E-state index contributed by atoms with van der Waals surface area (Å²) in [6.45, 7) is 0.528. The lowest BCUT2D eigenvalue weighted by molar-refractivity contribution is 0.119. The highest BCUT2D eigenvalue weighted by Gasteiger charge is 2.30. The summed E-state index contributed by atoms with van der Waals surface area (Å²) in [4.78, 5) is 7.44. The van der Waals surface area contributed by atoms with Crippen molar-refractivity contribution in [2.45, 2.75) is 24.7 Å². The van der Waals surface area contributed by atoms with Crippen LogP contribution in [0.3, 0.4) is 0 Å². The van der Waals surface area contributed by atoms with Crippen molar-refractivity contribution < 1.29 is 21.9 Å². The first-order chi connectivity index (χ1) is 11.9. The molecule has 6 nitrogen and oxygen atoms in total. The molecule has 25 heavy (non-hydrogen) atoms. The number of sulfonamides is 1. The van der Waals surface area contributed by atoms with Crippen LogP contribution in [-0.2, 0) is 15.8 Å². The standard InChI is InChI=1S/C16H17F2N3O3S/c17-13-4-1-3-12(7-13)11-25(22,23)21-6-2-5-15(10-21)24-16-19-8-14(18)9-20-16/h1,3-4,7-9,15H,2,5-6,10-11H2. The minimum atomic E-state index is -3.60. The lowest BCUT2D eigenvalue weighted by Crippen LogP contribution is -2.44. The molecule has 1 aromatic carbocycles. The Morgan fingerprint density at radius 3 is 2.68 bits per heavy atom. The van der Waals surface area contributed by atoms with Gasteiger partial charge in [0.15, 0.2) is 5.82 Å². The summed E-state index contributed by atoms with van der Waals surface area (Å²) >= 11 is 0. The average molecular weight is 369 g/mol. The summed E-state index contributed by atoms with van der Waals surface area (Å²) in [6.07, 6.45) is 2.83. The Balaban J connectivity index is 1.66. The number of ether oxygens (including phenoxy) is 1. The third-order valence-corrected chi connectivity index (χ3v) is 5.66. The largest absolute Gasteiger partial charge is 0.459 e. The normalized spacial score (nSPS) is 18.9. The second-order valence-corrected chi connectivity index (χ2v) is 7.78. The third-order valence-electron chi connectivity index (χ3n) is 3.84. The molecule has 1 aliphatic heterocycles. The molecular formula is C16H17F2N3O3S. The second-order valence-electron chi connectivity index (χ2n) is 5.81. The smallest absolute Gasteiger partial charge is 0.316 e. The molecule has 0 spiro atoms. The zero-order valence-electron chi connectivity index (χ0n) is 13.3. The van der Waals surface area contributed by atoms with E-state index in [2.05, 4.69) is 9.97 Å². The van der Waals surface area contributed by atoms with Crippen molar-refractivity contribution in [2.24, 2.45) is 0 Å². The summed E-state index contributed by atoms with van der Waals surface area (Å²) in [5.41, 5.74) is 0.393. The molecule has 1 unspecified atom stereocenters. The van der Waals surface area contributed by atoms with Crippen LogP contribution < -0.4 is 4.74 Å². The molecule has 0 amide bonds. The van der Waals surface area contributed by atoms with Gasteiger partial charge in [0.1, 0.15) is 11.9 Å². The number of rotatable bonds is 5. The molecule has 0 aliphatic carbocycles. The fraction of sp³-hybridized carbons (Fsp3) is 0.375. The monoisotopic (exact) mass is 369 g/mol. The Bertz CT molecular complexity index is 831. The molecule has 0 N–H and O–H groups in total. The van der Waals surface area contributed by atoms with Crippen molar-refractivity contribution in [3.63, 3.8) is 0 Å². The Kier molecular flexibility index (Phi) is 5.24. The summed E-state index contributed by atoms with van der Waals surface area (Å²) in [5, 5.41) is 0. The highest BCUT2D eigenvalue weighted by Crippen LogP contribution is 2.20. The molecule has 1 atom stereocenters. The second kappa shape index (κ2) is 7.40. The van der Waals surface area contributed by atoms with Gasteiger partial charge in [-0.05, 0) is 30.5 Å². The maximum Gasteiger partial charge on any atom is 0.316 e. The minimum Gasteiger partial charge on any atom is -0.459 e. The zero-order valence-corrected chi connectivity index (χ0v) is 14.1. The van der Waals surface area contributed by atoms with Gasteiger partial charge in [0.05, 0.1) is 24.7 Å². The van der Waals surface area contributed by atoms with E-state index in [1.54, 1.807) is 6.07 Å². The van der Waals surface area contributed by atoms with Crippen LogP contribution in [0.25, 0.3) is 0 Å². The quantitative estimate of drug-likeness (QED) is 0.807. The van der Waals surface area contributed by atoms with E-state index in [9.17, 15) is 17.2 Å². The number of benzene rings is 1. The maximum absolute atomic E-state index is 13.2. The van der Waals surface area contributed by atoms with Crippen molar-refractivity contribution in [2.75, 3.05) is 13.1 Å². The minimum absolute atomic E-state index is 0.00998. The highest BCUT2D eigenvalue weighted by atomic mass is 32.2. The lowest BCUT2D eigenvalue weighted by Gasteiger charge is -2.31. The number of halogens is 2. The van der Waals surface area contributed by atoms with Gasteiger partial charge in [0.2, 0.25) is 10.0 Å². The highest BCUT2D eigenvalue weighted by molar-refractivity contribution is 7.88. The van der Waals surface area contributed by atoms with Crippen molar-refractivity contribution in [3.05, 3.63) is 53.9 Å². The topological polar surface area (TPSA) is 72.4 Å². The molecule has 1 saturated heterocycles. The molecule has 0 bridgehead atoms. The number of nitrogens with zero attached hydrogens (tertiary/aromatic N) is 3. The van der Waals surface area contributed by atoms with Gasteiger partial charge in [0, 0.05) is 6.54 Å². The van der Waals surface area contributed by atoms with E-state index in [1.165, 1.54) is 22.5 Å². The molecule has 9 heteroatoms. The van der Waals surface area contributed by atoms with Crippen LogP contribution in [-0.4, -0.2) is 41.9 Å². The predicted octanol–water partition coefficient (Wildman–Crippen LogP) is 2.13. The molecule has 1 aliphatic rings. The number of piperidine rings is 1. The van der Waals surface area contributed by atoms with Crippen LogP contribution in [0.15, 0.2) is 36.7 Å². The van der Waals surface area contributed by atoms with Crippen LogP contribution in [0, 0.1) is 11.6 Å². The zero-order chi connectivity index (χ0) is 17.9. The van der Waals surface area contributed by atoms with Crippen LogP contribution in [0.2, 0.25) is 0 Å². The van der Waals surface area contributed by atoms with Gasteiger partial charge in [-0.25, -0.2) is 27.2 Å². The molecule has 0 saturated carbocycles. The van der Waals surface area contributed by atoms with E-state index in [-0.39, 0.29) is 18.3 Å². The Labute approximate surface area is 144 Å². The predicted molar refractivity (Wildman–Crippen MR) is 86.2 cm³/mol. The molecule has 0 radical (unpaired) electrons. The van der Waals surface area contributed by atoms with Gasteiger partial charge < -0.3 is 4.74 Å². The van der Waals surface area contributed by atoms with Gasteiger partial charge in [-0.3, -0.25) is 0 Å². The van der Waals surface area contributed by atoms with Gasteiger partial charge in [-0.1, -0.05) is 12.1 Å². The van der Waals surface area contributed by atoms with E-state index in [0.29, 0.717) is 24.9 Å². The number of aromatic nitrogens is 2. The van der Waals surface area contributed by atoms with Gasteiger partial charge in [-0.2, -0.15) is 4.31 Å². The first-order valence-electron chi connectivity index (χ1n) is 7.79. The van der Waals surface area contributed by atoms with Crippen molar-refractivity contribution in [3.8, 4) is 6.01 Å². The van der Waals surface area contributed by atoms with E-state index < -0.39 is 27.8 Å². The molecule has 3 rings (SSSR count). The van der Waals surface area contributed by atoms with Crippen LogP contribution in [0.1, 0.15) is 18.4 Å². The molecule has 2 heterocycles. The van der Waals surface area contributed by atoms with Crippen molar-refractivity contribution >= 4 is 10.0 Å². The summed E-state index contributed by atoms with van der Waals surface area (Å²) in [7, 11) is -3.60. The van der Waals surface area contributed by atoms with Crippen LogP contribution >= 0.6 is 0 Å². The molecule has 2 aromatic rings. The van der Waals surface area contributed by atoms with E-state index >= 15 is 0 Å². The van der Waals surface area contributed by atoms with Crippen LogP contribution in [0.4, 0.5) is 8.78 Å². The molecular weight excluding hydrogens is 352 g/mol. The Morgan fingerprint density at radius 1 is 1.20 bits per heavy atom. The SMILES string of the molecule is O=S(=O)(Cc1cccc(F)c1)N1CCCC(Oc2ncc(F)cn2)C1. The van der Waals surface area contributed by atoms with Gasteiger partial charge in [0.25, 0.3) is 0 Å². The van der Waals surface area contributed by atoms with Gasteiger partial charge >= 0.3 is 6.01 Å². The maximum atomic E-state index is 13.2. The fourth-order valence-corrected chi connectivity index (χ4v) is 4.28. The molecule has 1 aromatic heterocycles. The summed E-state index contributed by atoms with van der Waals surface area (Å²) in [6, 6.07) is 5.54. The van der Waals surface area contributed by atoms with Crippen molar-refractivity contribution in [1.29, 1.82) is 0 Å². The first-order valence-corrected chi connectivity index (χ1v) is 9.40. The summed E-state index contributed by atoms with van der Waals surface area (Å²) in [5.74, 6) is -1.32. The van der Waals surface area contributed by atoms with Crippen molar-refractivity contribution in [1.82, 2.24) is 14.3 Å². The average Bonchev–Trinajstić information content (AvgIpc) is 2.57. The Hall–Kier alpha value is -2.13. The molecule has 134 valence electrons. The van der Waals surface area contributed by atoms with E-state index in [1.807, 2.05) is 0 Å². The lowest BCUT2D eigenvalue weighted by atomic mass is 10.1. The third kappa shape index (κ3) is 4.70. The number of hydrogen-bond donors (Lipinski definition) is 0.